The Morgan fingerprint density at radius 2 is 1.67 bits per heavy atom. The van der Waals surface area contributed by atoms with Crippen LogP contribution in [0.25, 0.3) is 0 Å². The van der Waals surface area contributed by atoms with Crippen molar-refractivity contribution in [2.45, 2.75) is 46.5 Å². The lowest BCUT2D eigenvalue weighted by molar-refractivity contribution is -0.141. The highest BCUT2D eigenvalue weighted by molar-refractivity contribution is 5.76. The van der Waals surface area contributed by atoms with Crippen LogP contribution in [0.2, 0.25) is 0 Å². The number of nitrogens with zero attached hydrogens (tertiary/aromatic N) is 1. The molecule has 5 heteroatoms. The van der Waals surface area contributed by atoms with Gasteiger partial charge >= 0.3 is 12.0 Å². The van der Waals surface area contributed by atoms with Crippen molar-refractivity contribution in [1.82, 2.24) is 10.2 Å². The number of carboxylic acids is 1. The monoisotopic (exact) mass is 258 g/mol. The normalized spacial score (nSPS) is 11.9. The Labute approximate surface area is 110 Å². The summed E-state index contributed by atoms with van der Waals surface area (Å²) in [5, 5.41) is 11.7. The number of aliphatic carboxylic acids is 1. The summed E-state index contributed by atoms with van der Waals surface area (Å²) in [4.78, 5) is 24.6. The van der Waals surface area contributed by atoms with Crippen molar-refractivity contribution in [3.63, 3.8) is 0 Å². The molecule has 0 aromatic carbocycles. The molecule has 0 bridgehead atoms. The van der Waals surface area contributed by atoms with Gasteiger partial charge in [0.25, 0.3) is 0 Å². The van der Waals surface area contributed by atoms with Crippen molar-refractivity contribution in [3.05, 3.63) is 0 Å². The molecule has 0 aliphatic rings. The minimum Gasteiger partial charge on any atom is -0.481 e. The molecular formula is C13H26N2O3. The highest BCUT2D eigenvalue weighted by Crippen LogP contribution is 2.05. The van der Waals surface area contributed by atoms with Gasteiger partial charge in [0.1, 0.15) is 0 Å². The predicted molar refractivity (Wildman–Crippen MR) is 71.6 cm³/mol. The molecule has 0 saturated carbocycles. The highest BCUT2D eigenvalue weighted by Gasteiger charge is 2.19. The summed E-state index contributed by atoms with van der Waals surface area (Å²) in [6, 6.07) is -0.152. The van der Waals surface area contributed by atoms with Crippen LogP contribution in [0.5, 0.6) is 0 Å². The smallest absolute Gasteiger partial charge is 0.317 e. The van der Waals surface area contributed by atoms with Crippen molar-refractivity contribution < 1.29 is 14.7 Å². The van der Waals surface area contributed by atoms with Gasteiger partial charge in [0.15, 0.2) is 0 Å². The first-order valence-electron chi connectivity index (χ1n) is 6.82. The van der Waals surface area contributed by atoms with Gasteiger partial charge in [0.2, 0.25) is 0 Å². The molecule has 0 heterocycles. The summed E-state index contributed by atoms with van der Waals surface area (Å²) in [7, 11) is 0. The molecule has 0 radical (unpaired) electrons. The fourth-order valence-electron chi connectivity index (χ4n) is 1.84. The van der Waals surface area contributed by atoms with E-state index >= 15 is 0 Å². The van der Waals surface area contributed by atoms with Crippen LogP contribution in [0.1, 0.15) is 46.5 Å². The van der Waals surface area contributed by atoms with Crippen molar-refractivity contribution in [3.8, 4) is 0 Å². The number of carbonyl (C=O) groups excluding carboxylic acids is 1. The van der Waals surface area contributed by atoms with Gasteiger partial charge in [0, 0.05) is 19.6 Å². The van der Waals surface area contributed by atoms with Gasteiger partial charge in [-0.3, -0.25) is 4.79 Å². The zero-order valence-corrected chi connectivity index (χ0v) is 11.7. The third kappa shape index (κ3) is 6.47. The molecule has 2 N–H and O–H groups in total. The van der Waals surface area contributed by atoms with Crippen LogP contribution >= 0.6 is 0 Å². The first-order chi connectivity index (χ1) is 8.56. The Kier molecular flexibility index (Phi) is 9.06. The number of urea groups is 1. The molecule has 0 saturated heterocycles. The molecule has 1 unspecified atom stereocenters. The number of nitrogens with one attached hydrogen (secondary N) is 1. The number of rotatable bonds is 9. The summed E-state index contributed by atoms with van der Waals surface area (Å²) in [5.41, 5.74) is 0. The van der Waals surface area contributed by atoms with Gasteiger partial charge in [-0.05, 0) is 19.3 Å². The average molecular weight is 258 g/mol. The van der Waals surface area contributed by atoms with E-state index in [1.807, 2.05) is 20.8 Å². The summed E-state index contributed by atoms with van der Waals surface area (Å²) < 4.78 is 0. The predicted octanol–water partition coefficient (Wildman–Crippen LogP) is 2.32. The van der Waals surface area contributed by atoms with Crippen molar-refractivity contribution in [2.24, 2.45) is 5.92 Å². The van der Waals surface area contributed by atoms with Crippen LogP contribution in [0.15, 0.2) is 0 Å². The minimum atomic E-state index is -0.838. The van der Waals surface area contributed by atoms with Crippen LogP contribution in [-0.4, -0.2) is 41.6 Å². The SMILES string of the molecule is CCCC(CNC(=O)N(CCC)CCC)C(=O)O. The second-order valence-corrected chi connectivity index (χ2v) is 4.50. The fraction of sp³-hybridized carbons (Fsp3) is 0.846. The largest absolute Gasteiger partial charge is 0.481 e. The van der Waals surface area contributed by atoms with E-state index in [2.05, 4.69) is 5.32 Å². The van der Waals surface area contributed by atoms with Crippen molar-refractivity contribution in [1.29, 1.82) is 0 Å². The number of amides is 2. The van der Waals surface area contributed by atoms with Crippen LogP contribution in [0.4, 0.5) is 4.79 Å². The highest BCUT2D eigenvalue weighted by atomic mass is 16.4. The Morgan fingerprint density at radius 3 is 2.06 bits per heavy atom. The molecule has 0 rings (SSSR count). The average Bonchev–Trinajstić information content (AvgIpc) is 2.33. The van der Waals surface area contributed by atoms with Crippen LogP contribution in [0.3, 0.4) is 0 Å². The fourth-order valence-corrected chi connectivity index (χ4v) is 1.84. The summed E-state index contributed by atoms with van der Waals surface area (Å²) in [6.07, 6.45) is 3.22. The van der Waals surface area contributed by atoms with E-state index in [0.717, 1.165) is 19.3 Å². The molecular weight excluding hydrogens is 232 g/mol. The van der Waals surface area contributed by atoms with Crippen molar-refractivity contribution >= 4 is 12.0 Å². The van der Waals surface area contributed by atoms with E-state index in [1.165, 1.54) is 0 Å². The standard InChI is InChI=1S/C13H26N2O3/c1-4-7-11(12(16)17)10-14-13(18)15(8-5-2)9-6-3/h11H,4-10H2,1-3H3,(H,14,18)(H,16,17). The topological polar surface area (TPSA) is 69.6 Å². The Balaban J connectivity index is 4.22. The molecule has 2 amide bonds. The molecule has 5 nitrogen and oxygen atoms in total. The number of hydrogen-bond acceptors (Lipinski definition) is 2. The summed E-state index contributed by atoms with van der Waals surface area (Å²) >= 11 is 0. The van der Waals surface area contributed by atoms with Crippen LogP contribution < -0.4 is 5.32 Å². The van der Waals surface area contributed by atoms with E-state index in [1.54, 1.807) is 4.90 Å². The number of carboxylic acid groups (broad SMARTS) is 1. The lowest BCUT2D eigenvalue weighted by atomic mass is 10.0. The Hall–Kier alpha value is -1.26. The van der Waals surface area contributed by atoms with Gasteiger partial charge in [-0.1, -0.05) is 27.2 Å². The number of hydrogen-bond donors (Lipinski definition) is 2. The summed E-state index contributed by atoms with van der Waals surface area (Å²) in [5.74, 6) is -1.32. The zero-order valence-electron chi connectivity index (χ0n) is 11.7. The van der Waals surface area contributed by atoms with E-state index < -0.39 is 11.9 Å². The van der Waals surface area contributed by atoms with Crippen molar-refractivity contribution in [2.75, 3.05) is 19.6 Å². The second kappa shape index (κ2) is 9.74. The first kappa shape index (κ1) is 16.7. The third-order valence-electron chi connectivity index (χ3n) is 2.76. The lowest BCUT2D eigenvalue weighted by Crippen LogP contribution is -2.43. The molecule has 0 spiro atoms. The second-order valence-electron chi connectivity index (χ2n) is 4.50. The van der Waals surface area contributed by atoms with Gasteiger partial charge < -0.3 is 15.3 Å². The van der Waals surface area contributed by atoms with Gasteiger partial charge in [0.05, 0.1) is 5.92 Å². The number of carbonyl (C=O) groups is 2. The Bertz CT molecular complexity index is 251. The Morgan fingerprint density at radius 1 is 1.11 bits per heavy atom. The molecule has 0 aliphatic heterocycles. The molecule has 106 valence electrons. The molecule has 0 aromatic rings. The van der Waals surface area contributed by atoms with E-state index in [4.69, 9.17) is 5.11 Å². The van der Waals surface area contributed by atoms with E-state index in [-0.39, 0.29) is 12.6 Å². The quantitative estimate of drug-likeness (QED) is 0.667. The maximum absolute atomic E-state index is 11.9. The lowest BCUT2D eigenvalue weighted by Gasteiger charge is -2.23. The van der Waals surface area contributed by atoms with Crippen LogP contribution in [0, 0.1) is 5.92 Å². The summed E-state index contributed by atoms with van der Waals surface area (Å²) in [6.45, 7) is 7.63. The van der Waals surface area contributed by atoms with Gasteiger partial charge in [-0.2, -0.15) is 0 Å². The zero-order chi connectivity index (χ0) is 14.0. The van der Waals surface area contributed by atoms with Crippen LogP contribution in [-0.2, 0) is 4.79 Å². The molecule has 0 fully saturated rings. The minimum absolute atomic E-state index is 0.152. The van der Waals surface area contributed by atoms with Gasteiger partial charge in [-0.15, -0.1) is 0 Å². The third-order valence-corrected chi connectivity index (χ3v) is 2.76. The maximum Gasteiger partial charge on any atom is 0.317 e. The molecule has 0 aromatic heterocycles. The molecule has 0 aliphatic carbocycles. The van der Waals surface area contributed by atoms with Gasteiger partial charge in [-0.25, -0.2) is 4.79 Å². The van der Waals surface area contributed by atoms with E-state index in [0.29, 0.717) is 19.5 Å². The molecule has 18 heavy (non-hydrogen) atoms. The molecule has 1 atom stereocenters. The maximum atomic E-state index is 11.9. The van der Waals surface area contributed by atoms with E-state index in [9.17, 15) is 9.59 Å². The first-order valence-corrected chi connectivity index (χ1v) is 6.82.